The molecule has 1 aliphatic rings. The molecule has 1 aromatic heterocycles. The number of carbonyl (C=O) groups excluding carboxylic acids is 1. The van der Waals surface area contributed by atoms with Crippen LogP contribution in [0.2, 0.25) is 0 Å². The van der Waals surface area contributed by atoms with E-state index in [1.54, 1.807) is 7.11 Å². The highest BCUT2D eigenvalue weighted by Gasteiger charge is 2.21. The first kappa shape index (κ1) is 14.4. The number of hydrogen-bond acceptors (Lipinski definition) is 6. The van der Waals surface area contributed by atoms with Crippen LogP contribution in [0.25, 0.3) is 0 Å². The van der Waals surface area contributed by atoms with Gasteiger partial charge in [0.25, 0.3) is 0 Å². The number of amides is 1. The third kappa shape index (κ3) is 3.49. The molecule has 20 heavy (non-hydrogen) atoms. The van der Waals surface area contributed by atoms with Crippen molar-refractivity contribution in [3.8, 4) is 5.75 Å². The summed E-state index contributed by atoms with van der Waals surface area (Å²) in [7, 11) is 1.60. The third-order valence-electron chi connectivity index (χ3n) is 3.15. The van der Waals surface area contributed by atoms with Crippen LogP contribution in [0, 0.1) is 0 Å². The molecule has 1 aromatic rings. The minimum absolute atomic E-state index is 0.108. The van der Waals surface area contributed by atoms with Gasteiger partial charge in [-0.25, -0.2) is 9.97 Å². The fourth-order valence-corrected chi connectivity index (χ4v) is 2.11. The quantitative estimate of drug-likeness (QED) is 0.690. The van der Waals surface area contributed by atoms with E-state index in [1.165, 1.54) is 6.33 Å². The normalized spacial score (nSPS) is 17.7. The van der Waals surface area contributed by atoms with Crippen LogP contribution in [0.5, 0.6) is 5.75 Å². The highest BCUT2D eigenvalue weighted by molar-refractivity contribution is 5.78. The molecular weight excluding hydrogens is 258 g/mol. The van der Waals surface area contributed by atoms with Crippen molar-refractivity contribution < 1.29 is 9.53 Å². The molecule has 0 spiro atoms. The lowest BCUT2D eigenvalue weighted by Crippen LogP contribution is -2.32. The fourth-order valence-electron chi connectivity index (χ4n) is 2.11. The number of aromatic nitrogens is 2. The Bertz CT molecular complexity index is 466. The molecule has 2 heterocycles. The molecule has 0 aromatic carbocycles. The van der Waals surface area contributed by atoms with Crippen molar-refractivity contribution in [2.24, 2.45) is 0 Å². The third-order valence-corrected chi connectivity index (χ3v) is 3.15. The minimum Gasteiger partial charge on any atom is -0.490 e. The van der Waals surface area contributed by atoms with Crippen LogP contribution in [0.15, 0.2) is 6.33 Å². The van der Waals surface area contributed by atoms with Crippen LogP contribution < -0.4 is 20.7 Å². The van der Waals surface area contributed by atoms with Crippen molar-refractivity contribution in [3.05, 3.63) is 6.33 Å². The number of methoxy groups -OCH3 is 1. The molecule has 3 N–H and O–H groups in total. The van der Waals surface area contributed by atoms with Crippen LogP contribution in [0.4, 0.5) is 11.6 Å². The van der Waals surface area contributed by atoms with Gasteiger partial charge in [0.05, 0.1) is 7.11 Å². The van der Waals surface area contributed by atoms with Crippen molar-refractivity contribution >= 4 is 17.5 Å². The van der Waals surface area contributed by atoms with Crippen molar-refractivity contribution in [2.75, 3.05) is 30.8 Å². The van der Waals surface area contributed by atoms with Crippen molar-refractivity contribution in [3.63, 3.8) is 0 Å². The number of rotatable bonds is 7. The molecule has 7 nitrogen and oxygen atoms in total. The summed E-state index contributed by atoms with van der Waals surface area (Å²) in [6.45, 7) is 3.54. The number of hydrogen-bond donors (Lipinski definition) is 3. The van der Waals surface area contributed by atoms with E-state index in [9.17, 15) is 4.79 Å². The Kier molecular flexibility index (Phi) is 4.97. The summed E-state index contributed by atoms with van der Waals surface area (Å²) in [6.07, 6.45) is 3.94. The van der Waals surface area contributed by atoms with Gasteiger partial charge in [0.2, 0.25) is 11.7 Å². The van der Waals surface area contributed by atoms with Gasteiger partial charge in [0.15, 0.2) is 11.6 Å². The number of ether oxygens (including phenoxy) is 1. The summed E-state index contributed by atoms with van der Waals surface area (Å²) in [5.41, 5.74) is 0. The number of carbonyl (C=O) groups is 1. The second-order valence-electron chi connectivity index (χ2n) is 4.71. The van der Waals surface area contributed by atoms with Gasteiger partial charge in [-0.2, -0.15) is 0 Å². The van der Waals surface area contributed by atoms with Gasteiger partial charge in [-0.3, -0.25) is 4.79 Å². The molecule has 1 fully saturated rings. The molecular formula is C13H21N5O2. The summed E-state index contributed by atoms with van der Waals surface area (Å²) in [6, 6.07) is 0.147. The maximum Gasteiger partial charge on any atom is 0.220 e. The van der Waals surface area contributed by atoms with Gasteiger partial charge in [-0.1, -0.05) is 6.92 Å². The predicted molar refractivity (Wildman–Crippen MR) is 77.0 cm³/mol. The van der Waals surface area contributed by atoms with Crippen molar-refractivity contribution in [1.82, 2.24) is 15.3 Å². The second kappa shape index (κ2) is 6.93. The number of nitrogens with one attached hydrogen (secondary N) is 3. The predicted octanol–water partition coefficient (Wildman–Crippen LogP) is 0.998. The molecule has 0 saturated carbocycles. The standard InChI is InChI=1S/C13H21N5O2/c1-3-6-14-12-11(20-2)13(17-8-16-12)15-7-9-4-5-10(19)18-9/h8-9H,3-7H2,1-2H3,(H,18,19)(H2,14,15,16,17). The Morgan fingerprint density at radius 1 is 1.40 bits per heavy atom. The van der Waals surface area contributed by atoms with Crippen LogP contribution in [0.3, 0.4) is 0 Å². The van der Waals surface area contributed by atoms with E-state index < -0.39 is 0 Å². The zero-order valence-electron chi connectivity index (χ0n) is 11.9. The van der Waals surface area contributed by atoms with Gasteiger partial charge in [0.1, 0.15) is 6.33 Å². The lowest BCUT2D eigenvalue weighted by atomic mass is 10.2. The van der Waals surface area contributed by atoms with E-state index in [0.29, 0.717) is 30.4 Å². The van der Waals surface area contributed by atoms with Gasteiger partial charge < -0.3 is 20.7 Å². The molecule has 1 saturated heterocycles. The molecule has 2 rings (SSSR count). The van der Waals surface area contributed by atoms with Gasteiger partial charge in [-0.15, -0.1) is 0 Å². The van der Waals surface area contributed by atoms with Crippen LogP contribution in [-0.4, -0.2) is 42.1 Å². The highest BCUT2D eigenvalue weighted by Crippen LogP contribution is 2.28. The van der Waals surface area contributed by atoms with Crippen LogP contribution in [-0.2, 0) is 4.79 Å². The molecule has 1 aliphatic heterocycles. The molecule has 0 radical (unpaired) electrons. The molecule has 1 unspecified atom stereocenters. The van der Waals surface area contributed by atoms with Crippen molar-refractivity contribution in [1.29, 1.82) is 0 Å². The fraction of sp³-hybridized carbons (Fsp3) is 0.615. The Labute approximate surface area is 118 Å². The molecule has 0 bridgehead atoms. The zero-order chi connectivity index (χ0) is 14.4. The summed E-state index contributed by atoms with van der Waals surface area (Å²) in [5.74, 6) is 2.03. The first-order valence-corrected chi connectivity index (χ1v) is 6.90. The molecule has 1 amide bonds. The Hall–Kier alpha value is -2.05. The second-order valence-corrected chi connectivity index (χ2v) is 4.71. The van der Waals surface area contributed by atoms with E-state index in [4.69, 9.17) is 4.74 Å². The number of anilines is 2. The van der Waals surface area contributed by atoms with Crippen LogP contribution >= 0.6 is 0 Å². The monoisotopic (exact) mass is 279 g/mol. The van der Waals surface area contributed by atoms with E-state index in [0.717, 1.165) is 19.4 Å². The smallest absolute Gasteiger partial charge is 0.220 e. The molecule has 7 heteroatoms. The zero-order valence-corrected chi connectivity index (χ0v) is 11.9. The Morgan fingerprint density at radius 3 is 2.75 bits per heavy atom. The maximum absolute atomic E-state index is 11.2. The molecule has 1 atom stereocenters. The van der Waals surface area contributed by atoms with E-state index in [-0.39, 0.29) is 11.9 Å². The molecule has 0 aliphatic carbocycles. The average molecular weight is 279 g/mol. The lowest BCUT2D eigenvalue weighted by Gasteiger charge is -2.16. The highest BCUT2D eigenvalue weighted by atomic mass is 16.5. The number of nitrogens with zero attached hydrogens (tertiary/aromatic N) is 2. The van der Waals surface area contributed by atoms with E-state index in [2.05, 4.69) is 32.8 Å². The summed E-state index contributed by atoms with van der Waals surface area (Å²) >= 11 is 0. The topological polar surface area (TPSA) is 88.2 Å². The first-order valence-electron chi connectivity index (χ1n) is 6.90. The van der Waals surface area contributed by atoms with Gasteiger partial charge in [-0.05, 0) is 12.8 Å². The largest absolute Gasteiger partial charge is 0.490 e. The van der Waals surface area contributed by atoms with Gasteiger partial charge in [0, 0.05) is 25.6 Å². The van der Waals surface area contributed by atoms with E-state index >= 15 is 0 Å². The summed E-state index contributed by atoms with van der Waals surface area (Å²) < 4.78 is 5.37. The summed E-state index contributed by atoms with van der Waals surface area (Å²) in [5, 5.41) is 9.33. The van der Waals surface area contributed by atoms with Crippen molar-refractivity contribution in [2.45, 2.75) is 32.2 Å². The Balaban J connectivity index is 2.00. The Morgan fingerprint density at radius 2 is 2.15 bits per heavy atom. The first-order chi connectivity index (χ1) is 9.74. The lowest BCUT2D eigenvalue weighted by molar-refractivity contribution is -0.119. The van der Waals surface area contributed by atoms with E-state index in [1.807, 2.05) is 0 Å². The van der Waals surface area contributed by atoms with Gasteiger partial charge >= 0.3 is 0 Å². The molecule has 110 valence electrons. The average Bonchev–Trinajstić information content (AvgIpc) is 2.88. The maximum atomic E-state index is 11.2. The van der Waals surface area contributed by atoms with Crippen LogP contribution in [0.1, 0.15) is 26.2 Å². The summed E-state index contributed by atoms with van der Waals surface area (Å²) in [4.78, 5) is 19.5. The minimum atomic E-state index is 0.108. The SMILES string of the molecule is CCCNc1ncnc(NCC2CCC(=O)N2)c1OC.